The summed E-state index contributed by atoms with van der Waals surface area (Å²) in [5.74, 6) is 0.429. The zero-order chi connectivity index (χ0) is 13.1. The highest BCUT2D eigenvalue weighted by Gasteiger charge is 2.07. The minimum absolute atomic E-state index is 0.366. The third kappa shape index (κ3) is 2.48. The molecule has 90 valence electrons. The maximum Gasteiger partial charge on any atom is 0.153 e. The number of nitrogens with two attached hydrogens (primary N) is 1. The minimum atomic E-state index is 0.366. The summed E-state index contributed by atoms with van der Waals surface area (Å²) in [6, 6.07) is 8.70. The molecule has 0 aliphatic rings. The van der Waals surface area contributed by atoms with E-state index in [0.717, 1.165) is 0 Å². The molecule has 0 unspecified atom stereocenters. The molecule has 0 bridgehead atoms. The summed E-state index contributed by atoms with van der Waals surface area (Å²) < 4.78 is 0. The average Bonchev–Trinajstić information content (AvgIpc) is 2.37. The summed E-state index contributed by atoms with van der Waals surface area (Å²) in [6.45, 7) is 0. The smallest absolute Gasteiger partial charge is 0.153 e. The van der Waals surface area contributed by atoms with Gasteiger partial charge in [-0.25, -0.2) is 4.98 Å². The molecule has 2 aromatic rings. The molecule has 1 aromatic heterocycles. The van der Waals surface area contributed by atoms with Gasteiger partial charge in [0.15, 0.2) is 5.82 Å². The number of hydrogen-bond donors (Lipinski definition) is 2. The van der Waals surface area contributed by atoms with Crippen molar-refractivity contribution in [2.45, 2.75) is 0 Å². The molecule has 0 spiro atoms. The van der Waals surface area contributed by atoms with Crippen LogP contribution in [0, 0.1) is 11.3 Å². The Hall–Kier alpha value is -1.96. The van der Waals surface area contributed by atoms with Crippen LogP contribution in [0.25, 0.3) is 0 Å². The van der Waals surface area contributed by atoms with Gasteiger partial charge in [0, 0.05) is 6.20 Å². The van der Waals surface area contributed by atoms with Crippen LogP contribution < -0.4 is 11.1 Å². The number of aromatic nitrogens is 1. The molecular formula is C12H8Cl2N4. The third-order valence-electron chi connectivity index (χ3n) is 2.25. The Morgan fingerprint density at radius 2 is 2.11 bits per heavy atom. The first-order valence-electron chi connectivity index (χ1n) is 4.98. The van der Waals surface area contributed by atoms with E-state index < -0.39 is 0 Å². The summed E-state index contributed by atoms with van der Waals surface area (Å²) in [6.07, 6.45) is 1.43. The Balaban J connectivity index is 2.35. The highest BCUT2D eigenvalue weighted by atomic mass is 35.5. The molecule has 0 saturated carbocycles. The first-order valence-corrected chi connectivity index (χ1v) is 5.74. The van der Waals surface area contributed by atoms with Gasteiger partial charge in [0.2, 0.25) is 0 Å². The van der Waals surface area contributed by atoms with Gasteiger partial charge in [-0.15, -0.1) is 0 Å². The second-order valence-corrected chi connectivity index (χ2v) is 4.29. The first kappa shape index (κ1) is 12.5. The second-order valence-electron chi connectivity index (χ2n) is 3.50. The third-order valence-corrected chi connectivity index (χ3v) is 3.07. The summed E-state index contributed by atoms with van der Waals surface area (Å²) in [5.41, 5.74) is 7.15. The molecule has 0 atom stereocenters. The Labute approximate surface area is 114 Å². The molecule has 18 heavy (non-hydrogen) atoms. The Morgan fingerprint density at radius 1 is 1.33 bits per heavy atom. The fourth-order valence-corrected chi connectivity index (χ4v) is 1.72. The number of rotatable bonds is 2. The van der Waals surface area contributed by atoms with E-state index in [9.17, 15) is 0 Å². The van der Waals surface area contributed by atoms with Crippen LogP contribution in [0.1, 0.15) is 5.56 Å². The van der Waals surface area contributed by atoms with E-state index in [1.807, 2.05) is 6.07 Å². The number of benzene rings is 1. The fourth-order valence-electron chi connectivity index (χ4n) is 1.38. The Bertz CT molecular complexity index is 634. The largest absolute Gasteiger partial charge is 0.396 e. The molecule has 1 heterocycles. The molecule has 0 saturated heterocycles. The topological polar surface area (TPSA) is 74.7 Å². The number of nitrogens with zero attached hydrogens (tertiary/aromatic N) is 2. The van der Waals surface area contributed by atoms with E-state index in [-0.39, 0.29) is 0 Å². The van der Waals surface area contributed by atoms with Crippen molar-refractivity contribution >= 4 is 40.4 Å². The number of anilines is 3. The van der Waals surface area contributed by atoms with Gasteiger partial charge >= 0.3 is 0 Å². The van der Waals surface area contributed by atoms with Crippen LogP contribution in [0.5, 0.6) is 0 Å². The molecule has 4 nitrogen and oxygen atoms in total. The van der Waals surface area contributed by atoms with Gasteiger partial charge in [0.05, 0.1) is 27.0 Å². The number of nitrogens with one attached hydrogen (secondary N) is 1. The number of nitrogen functional groups attached to an aromatic ring is 1. The number of pyridine rings is 1. The normalized spacial score (nSPS) is 9.83. The van der Waals surface area contributed by atoms with Gasteiger partial charge in [-0.1, -0.05) is 29.3 Å². The van der Waals surface area contributed by atoms with E-state index in [1.165, 1.54) is 12.3 Å². The lowest BCUT2D eigenvalue weighted by atomic mass is 10.2. The summed E-state index contributed by atoms with van der Waals surface area (Å²) in [4.78, 5) is 4.05. The zero-order valence-corrected chi connectivity index (χ0v) is 10.6. The molecule has 0 radical (unpaired) electrons. The quantitative estimate of drug-likeness (QED) is 0.880. The van der Waals surface area contributed by atoms with Crippen molar-refractivity contribution in [1.29, 1.82) is 5.26 Å². The highest BCUT2D eigenvalue weighted by Crippen LogP contribution is 2.32. The monoisotopic (exact) mass is 278 g/mol. The summed E-state index contributed by atoms with van der Waals surface area (Å²) >= 11 is 11.9. The van der Waals surface area contributed by atoms with Gasteiger partial charge in [0.25, 0.3) is 0 Å². The van der Waals surface area contributed by atoms with Gasteiger partial charge in [-0.3, -0.25) is 0 Å². The van der Waals surface area contributed by atoms with Crippen molar-refractivity contribution in [2.24, 2.45) is 0 Å². The fraction of sp³-hybridized carbons (Fsp3) is 0. The zero-order valence-electron chi connectivity index (χ0n) is 9.11. The minimum Gasteiger partial charge on any atom is -0.396 e. The van der Waals surface area contributed by atoms with Crippen molar-refractivity contribution in [3.63, 3.8) is 0 Å². The van der Waals surface area contributed by atoms with Crippen LogP contribution in [0.4, 0.5) is 17.2 Å². The first-order chi connectivity index (χ1) is 8.61. The lowest BCUT2D eigenvalue weighted by molar-refractivity contribution is 1.29. The molecule has 0 aliphatic heterocycles. The Morgan fingerprint density at radius 3 is 2.78 bits per heavy atom. The van der Waals surface area contributed by atoms with Crippen molar-refractivity contribution in [2.75, 3.05) is 11.1 Å². The van der Waals surface area contributed by atoms with Gasteiger partial charge < -0.3 is 11.1 Å². The highest BCUT2D eigenvalue weighted by molar-refractivity contribution is 6.43. The predicted octanol–water partition coefficient (Wildman–Crippen LogP) is 3.59. The van der Waals surface area contributed by atoms with E-state index in [2.05, 4.69) is 10.3 Å². The van der Waals surface area contributed by atoms with Crippen molar-refractivity contribution in [3.8, 4) is 6.07 Å². The summed E-state index contributed by atoms with van der Waals surface area (Å²) in [7, 11) is 0. The lowest BCUT2D eigenvalue weighted by Gasteiger charge is -2.10. The molecule has 6 heteroatoms. The van der Waals surface area contributed by atoms with E-state index in [1.54, 1.807) is 18.2 Å². The number of nitriles is 1. The maximum atomic E-state index is 8.72. The van der Waals surface area contributed by atoms with Crippen molar-refractivity contribution in [1.82, 2.24) is 4.98 Å². The second kappa shape index (κ2) is 5.13. The van der Waals surface area contributed by atoms with Gasteiger partial charge in [-0.2, -0.15) is 5.26 Å². The van der Waals surface area contributed by atoms with Crippen LogP contribution in [-0.2, 0) is 0 Å². The van der Waals surface area contributed by atoms with Crippen molar-refractivity contribution in [3.05, 3.63) is 46.1 Å². The van der Waals surface area contributed by atoms with Crippen LogP contribution in [0.3, 0.4) is 0 Å². The van der Waals surface area contributed by atoms with Crippen molar-refractivity contribution < 1.29 is 0 Å². The molecule has 2 rings (SSSR count). The average molecular weight is 279 g/mol. The van der Waals surface area contributed by atoms with Gasteiger partial charge in [-0.05, 0) is 18.2 Å². The summed E-state index contributed by atoms with van der Waals surface area (Å²) in [5, 5.41) is 12.5. The molecule has 3 N–H and O–H groups in total. The SMILES string of the molecule is N#Cc1cnc(Nc2cccc(Cl)c2Cl)c(N)c1. The molecule has 1 aromatic carbocycles. The van der Waals surface area contributed by atoms with E-state index >= 15 is 0 Å². The van der Waals surface area contributed by atoms with E-state index in [4.69, 9.17) is 34.2 Å². The maximum absolute atomic E-state index is 8.72. The molecular weight excluding hydrogens is 271 g/mol. The molecule has 0 aliphatic carbocycles. The molecule has 0 amide bonds. The molecule has 0 fully saturated rings. The van der Waals surface area contributed by atoms with Crippen LogP contribution in [-0.4, -0.2) is 4.98 Å². The van der Waals surface area contributed by atoms with Gasteiger partial charge in [0.1, 0.15) is 6.07 Å². The lowest BCUT2D eigenvalue weighted by Crippen LogP contribution is -2.00. The number of hydrogen-bond acceptors (Lipinski definition) is 4. The predicted molar refractivity (Wildman–Crippen MR) is 73.1 cm³/mol. The van der Waals surface area contributed by atoms with Crippen LogP contribution in [0.2, 0.25) is 10.0 Å². The van der Waals surface area contributed by atoms with Crippen LogP contribution in [0.15, 0.2) is 30.5 Å². The van der Waals surface area contributed by atoms with Crippen LogP contribution >= 0.6 is 23.2 Å². The standard InChI is InChI=1S/C12H8Cl2N4/c13-8-2-1-3-10(11(8)14)18-12-9(16)4-7(5-15)6-17-12/h1-4,6H,16H2,(H,17,18). The Kier molecular flexibility index (Phi) is 3.56. The van der Waals surface area contributed by atoms with E-state index in [0.29, 0.717) is 32.8 Å². The number of halogens is 2.